The van der Waals surface area contributed by atoms with Gasteiger partial charge in [-0.15, -0.1) is 0 Å². The summed E-state index contributed by atoms with van der Waals surface area (Å²) in [6.07, 6.45) is 0. The van der Waals surface area contributed by atoms with Gasteiger partial charge in [-0.05, 0) is 12.1 Å². The number of aromatic nitrogens is 1. The molecule has 1 saturated heterocycles. The Morgan fingerprint density at radius 2 is 1.93 bits per heavy atom. The average Bonchev–Trinajstić information content (AvgIpc) is 3.21. The lowest BCUT2D eigenvalue weighted by Gasteiger charge is -2.26. The first-order valence-electron chi connectivity index (χ1n) is 9.09. The number of hydrogen-bond acceptors (Lipinski definition) is 6. The van der Waals surface area contributed by atoms with Crippen molar-refractivity contribution in [2.75, 3.05) is 43.6 Å². The zero-order chi connectivity index (χ0) is 19.3. The highest BCUT2D eigenvalue weighted by Gasteiger charge is 2.23. The molecule has 1 aliphatic rings. The number of carbonyl (C=O) groups excluding carboxylic acids is 1. The number of nitrogens with zero attached hydrogens (tertiary/aromatic N) is 2. The van der Waals surface area contributed by atoms with Crippen LogP contribution in [-0.2, 0) is 4.74 Å². The van der Waals surface area contributed by atoms with E-state index in [1.54, 1.807) is 13.2 Å². The summed E-state index contributed by atoms with van der Waals surface area (Å²) >= 11 is 1.41. The van der Waals surface area contributed by atoms with Gasteiger partial charge in [0.05, 0.1) is 26.0 Å². The maximum Gasteiger partial charge on any atom is 0.268 e. The Balaban J connectivity index is 1.67. The summed E-state index contributed by atoms with van der Waals surface area (Å²) in [5, 5.41) is 3.81. The van der Waals surface area contributed by atoms with Crippen molar-refractivity contribution in [3.63, 3.8) is 0 Å². The van der Waals surface area contributed by atoms with E-state index in [4.69, 9.17) is 14.5 Å². The fraction of sp³-hybridized carbons (Fsp3) is 0.238. The molecular weight excluding hydrogens is 374 g/mol. The van der Waals surface area contributed by atoms with Crippen molar-refractivity contribution in [3.05, 3.63) is 59.5 Å². The second-order valence-corrected chi connectivity index (χ2v) is 7.30. The molecule has 7 heteroatoms. The molecule has 1 fully saturated rings. The molecule has 2 heterocycles. The third-order valence-electron chi connectivity index (χ3n) is 4.48. The van der Waals surface area contributed by atoms with Gasteiger partial charge < -0.3 is 19.7 Å². The molecule has 1 aromatic heterocycles. The third-order valence-corrected chi connectivity index (χ3v) is 5.59. The van der Waals surface area contributed by atoms with Crippen LogP contribution in [-0.4, -0.2) is 44.3 Å². The minimum atomic E-state index is -0.177. The third kappa shape index (κ3) is 4.00. The molecule has 6 nitrogen and oxygen atoms in total. The van der Waals surface area contributed by atoms with E-state index in [0.717, 1.165) is 23.8 Å². The lowest BCUT2D eigenvalue weighted by Crippen LogP contribution is -2.36. The number of methoxy groups -OCH3 is 1. The summed E-state index contributed by atoms with van der Waals surface area (Å²) in [7, 11) is 1.60. The number of ether oxygens (including phenoxy) is 2. The summed E-state index contributed by atoms with van der Waals surface area (Å²) in [5.41, 5.74) is 2.31. The number of benzene rings is 2. The molecule has 0 atom stereocenters. The maximum absolute atomic E-state index is 13.1. The number of hydrogen-bond donors (Lipinski definition) is 1. The highest BCUT2D eigenvalue weighted by molar-refractivity contribution is 7.18. The minimum Gasteiger partial charge on any atom is -0.497 e. The molecule has 0 radical (unpaired) electrons. The van der Waals surface area contributed by atoms with Gasteiger partial charge in [0.15, 0.2) is 5.13 Å². The molecule has 1 aliphatic heterocycles. The fourth-order valence-electron chi connectivity index (χ4n) is 3.03. The van der Waals surface area contributed by atoms with E-state index in [-0.39, 0.29) is 5.91 Å². The second-order valence-electron chi connectivity index (χ2n) is 6.33. The van der Waals surface area contributed by atoms with Crippen molar-refractivity contribution < 1.29 is 14.3 Å². The van der Waals surface area contributed by atoms with Gasteiger partial charge in [0.25, 0.3) is 5.91 Å². The van der Waals surface area contributed by atoms with Crippen molar-refractivity contribution in [1.29, 1.82) is 0 Å². The van der Waals surface area contributed by atoms with Gasteiger partial charge in [-0.1, -0.05) is 47.7 Å². The molecule has 2 aromatic carbocycles. The number of morpholine rings is 1. The predicted molar refractivity (Wildman–Crippen MR) is 112 cm³/mol. The molecule has 0 spiro atoms. The van der Waals surface area contributed by atoms with E-state index in [2.05, 4.69) is 10.2 Å². The summed E-state index contributed by atoms with van der Waals surface area (Å²) < 4.78 is 10.7. The van der Waals surface area contributed by atoms with Crippen LogP contribution in [0.2, 0.25) is 0 Å². The highest BCUT2D eigenvalue weighted by atomic mass is 32.1. The van der Waals surface area contributed by atoms with Crippen LogP contribution in [0.25, 0.3) is 11.3 Å². The van der Waals surface area contributed by atoms with E-state index in [1.807, 2.05) is 48.5 Å². The zero-order valence-corrected chi connectivity index (χ0v) is 16.4. The Hall–Kier alpha value is -2.90. The number of nitrogens with one attached hydrogen (secondary N) is 1. The molecule has 0 saturated carbocycles. The van der Waals surface area contributed by atoms with E-state index in [0.29, 0.717) is 35.2 Å². The minimum absolute atomic E-state index is 0.177. The Morgan fingerprint density at radius 1 is 1.14 bits per heavy atom. The zero-order valence-electron chi connectivity index (χ0n) is 15.6. The van der Waals surface area contributed by atoms with Crippen LogP contribution in [0.1, 0.15) is 9.67 Å². The molecule has 3 aromatic rings. The quantitative estimate of drug-likeness (QED) is 0.710. The SMILES string of the molecule is COc1cccc(NC(=O)c2sc(N3CCOCC3)nc2-c2ccccc2)c1. The van der Waals surface area contributed by atoms with Gasteiger partial charge in [-0.3, -0.25) is 4.79 Å². The molecule has 0 bridgehead atoms. The molecule has 0 unspecified atom stereocenters. The van der Waals surface area contributed by atoms with Gasteiger partial charge in [-0.25, -0.2) is 4.98 Å². The van der Waals surface area contributed by atoms with Gasteiger partial charge in [-0.2, -0.15) is 0 Å². The number of rotatable bonds is 5. The average molecular weight is 395 g/mol. The smallest absolute Gasteiger partial charge is 0.268 e. The first-order valence-corrected chi connectivity index (χ1v) is 9.90. The molecule has 0 aliphatic carbocycles. The lowest BCUT2D eigenvalue weighted by atomic mass is 10.1. The fourth-order valence-corrected chi connectivity index (χ4v) is 4.07. The van der Waals surface area contributed by atoms with E-state index < -0.39 is 0 Å². The van der Waals surface area contributed by atoms with Gasteiger partial charge in [0.1, 0.15) is 10.6 Å². The lowest BCUT2D eigenvalue weighted by molar-refractivity contribution is 0.103. The molecule has 1 amide bonds. The Bertz CT molecular complexity index is 953. The summed E-state index contributed by atoms with van der Waals surface area (Å²) in [4.78, 5) is 20.6. The first kappa shape index (κ1) is 18.5. The summed E-state index contributed by atoms with van der Waals surface area (Å²) in [5.74, 6) is 0.517. The molecule has 4 rings (SSSR count). The number of carbonyl (C=O) groups is 1. The maximum atomic E-state index is 13.1. The van der Waals surface area contributed by atoms with Crippen molar-refractivity contribution >= 4 is 28.1 Å². The van der Waals surface area contributed by atoms with Crippen LogP contribution in [0.4, 0.5) is 10.8 Å². The molecule has 1 N–H and O–H groups in total. The van der Waals surface area contributed by atoms with E-state index in [1.165, 1.54) is 11.3 Å². The summed E-state index contributed by atoms with van der Waals surface area (Å²) in [6, 6.07) is 17.1. The van der Waals surface area contributed by atoms with E-state index in [9.17, 15) is 4.79 Å². The second kappa shape index (κ2) is 8.41. The first-order chi connectivity index (χ1) is 13.7. The Kier molecular flexibility index (Phi) is 5.55. The van der Waals surface area contributed by atoms with Gasteiger partial charge in [0, 0.05) is 30.4 Å². The topological polar surface area (TPSA) is 63.7 Å². The van der Waals surface area contributed by atoms with Crippen LogP contribution in [0.5, 0.6) is 5.75 Å². The number of amides is 1. The molecule has 28 heavy (non-hydrogen) atoms. The monoisotopic (exact) mass is 395 g/mol. The van der Waals surface area contributed by atoms with Crippen molar-refractivity contribution in [1.82, 2.24) is 4.98 Å². The van der Waals surface area contributed by atoms with Crippen LogP contribution >= 0.6 is 11.3 Å². The van der Waals surface area contributed by atoms with Gasteiger partial charge in [0.2, 0.25) is 0 Å². The van der Waals surface area contributed by atoms with Crippen molar-refractivity contribution in [3.8, 4) is 17.0 Å². The van der Waals surface area contributed by atoms with Crippen LogP contribution in [0.3, 0.4) is 0 Å². The standard InChI is InChI=1S/C21H21N3O3S/c1-26-17-9-5-8-16(14-17)22-20(25)19-18(15-6-3-2-4-7-15)23-21(28-19)24-10-12-27-13-11-24/h2-9,14H,10-13H2,1H3,(H,22,25). The van der Waals surface area contributed by atoms with Gasteiger partial charge >= 0.3 is 0 Å². The Labute approximate surface area is 167 Å². The number of thiazole rings is 1. The predicted octanol–water partition coefficient (Wildman–Crippen LogP) is 3.91. The van der Waals surface area contributed by atoms with Crippen molar-refractivity contribution in [2.45, 2.75) is 0 Å². The van der Waals surface area contributed by atoms with Crippen LogP contribution in [0, 0.1) is 0 Å². The van der Waals surface area contributed by atoms with E-state index >= 15 is 0 Å². The number of anilines is 2. The van der Waals surface area contributed by atoms with Crippen molar-refractivity contribution in [2.24, 2.45) is 0 Å². The van der Waals surface area contributed by atoms with Crippen LogP contribution in [0.15, 0.2) is 54.6 Å². The normalized spacial score (nSPS) is 14.0. The molecule has 144 valence electrons. The molecular formula is C21H21N3O3S. The summed E-state index contributed by atoms with van der Waals surface area (Å²) in [6.45, 7) is 2.90. The highest BCUT2D eigenvalue weighted by Crippen LogP contribution is 2.34. The Morgan fingerprint density at radius 3 is 2.68 bits per heavy atom. The van der Waals surface area contributed by atoms with Crippen LogP contribution < -0.4 is 15.0 Å². The largest absolute Gasteiger partial charge is 0.497 e.